The van der Waals surface area contributed by atoms with Crippen molar-refractivity contribution in [2.45, 2.75) is 27.3 Å². The lowest BCUT2D eigenvalue weighted by Crippen LogP contribution is -2.27. The number of thiophene rings is 1. The van der Waals surface area contributed by atoms with E-state index in [1.54, 1.807) is 0 Å². The summed E-state index contributed by atoms with van der Waals surface area (Å²) >= 11 is 1.48. The smallest absolute Gasteiger partial charge is 0.261 e. The first-order valence-corrected chi connectivity index (χ1v) is 8.24. The van der Waals surface area contributed by atoms with E-state index in [2.05, 4.69) is 10.3 Å². The van der Waals surface area contributed by atoms with E-state index >= 15 is 0 Å². The molecule has 0 aliphatic rings. The number of aromatic amines is 1. The minimum absolute atomic E-state index is 0.136. The number of fused-ring (bicyclic) bond motifs is 1. The van der Waals surface area contributed by atoms with Crippen LogP contribution in [0, 0.1) is 20.8 Å². The first kappa shape index (κ1) is 15.5. The summed E-state index contributed by atoms with van der Waals surface area (Å²) in [6.45, 7) is 5.91. The van der Waals surface area contributed by atoms with E-state index in [4.69, 9.17) is 0 Å². The van der Waals surface area contributed by atoms with Crippen molar-refractivity contribution in [1.29, 1.82) is 0 Å². The molecule has 0 aliphatic carbocycles. The number of nitrogens with one attached hydrogen (secondary N) is 2. The van der Waals surface area contributed by atoms with E-state index in [1.807, 2.05) is 51.1 Å². The predicted molar refractivity (Wildman–Crippen MR) is 94.3 cm³/mol. The van der Waals surface area contributed by atoms with Gasteiger partial charge in [-0.25, -0.2) is 0 Å². The van der Waals surface area contributed by atoms with Gasteiger partial charge in [-0.05, 0) is 49.4 Å². The number of H-pyrrole nitrogens is 1. The molecule has 0 fully saturated rings. The number of aromatic nitrogens is 1. The quantitative estimate of drug-likeness (QED) is 0.774. The molecule has 5 heteroatoms. The molecule has 1 amide bonds. The van der Waals surface area contributed by atoms with Crippen LogP contribution in [0.2, 0.25) is 0 Å². The zero-order valence-electron chi connectivity index (χ0n) is 13.3. The number of amides is 1. The summed E-state index contributed by atoms with van der Waals surface area (Å²) in [6, 6.07) is 9.88. The molecule has 2 aromatic heterocycles. The Morgan fingerprint density at radius 3 is 2.65 bits per heavy atom. The van der Waals surface area contributed by atoms with Crippen molar-refractivity contribution in [2.75, 3.05) is 0 Å². The fraction of sp³-hybridized carbons (Fsp3) is 0.222. The van der Waals surface area contributed by atoms with Crippen molar-refractivity contribution < 1.29 is 4.79 Å². The monoisotopic (exact) mass is 326 g/mol. The van der Waals surface area contributed by atoms with E-state index < -0.39 is 0 Å². The van der Waals surface area contributed by atoms with Crippen molar-refractivity contribution in [3.05, 3.63) is 67.9 Å². The topological polar surface area (TPSA) is 62.0 Å². The molecule has 2 heterocycles. The summed E-state index contributed by atoms with van der Waals surface area (Å²) in [5, 5.41) is 3.97. The number of hydrogen-bond donors (Lipinski definition) is 2. The van der Waals surface area contributed by atoms with E-state index in [0.717, 1.165) is 26.9 Å². The van der Waals surface area contributed by atoms with Gasteiger partial charge in [0.1, 0.15) is 0 Å². The van der Waals surface area contributed by atoms with Crippen molar-refractivity contribution in [3.63, 3.8) is 0 Å². The van der Waals surface area contributed by atoms with Crippen LogP contribution in [0.25, 0.3) is 10.1 Å². The number of carbonyl (C=O) groups excluding carboxylic acids is 1. The second-order valence-corrected chi connectivity index (χ2v) is 6.73. The summed E-state index contributed by atoms with van der Waals surface area (Å²) in [7, 11) is 0. The van der Waals surface area contributed by atoms with Crippen LogP contribution in [0.3, 0.4) is 0 Å². The number of benzene rings is 1. The molecule has 0 radical (unpaired) electrons. The van der Waals surface area contributed by atoms with Gasteiger partial charge in [0.05, 0.1) is 4.88 Å². The third-order valence-electron chi connectivity index (χ3n) is 3.97. The van der Waals surface area contributed by atoms with Gasteiger partial charge in [0.2, 0.25) is 0 Å². The molecule has 3 aromatic rings. The van der Waals surface area contributed by atoms with Crippen LogP contribution in [0.15, 0.2) is 35.1 Å². The molecule has 0 unspecified atom stereocenters. The summed E-state index contributed by atoms with van der Waals surface area (Å²) in [5.41, 5.74) is 3.15. The standard InChI is InChI=1S/C18H18N2O2S/c1-10-8-11(2)20-17(21)14(10)9-19-18(22)16-12(3)13-6-4-5-7-15(13)23-16/h4-8H,9H2,1-3H3,(H,19,22)(H,20,21). The lowest BCUT2D eigenvalue weighted by Gasteiger charge is -2.08. The fourth-order valence-corrected chi connectivity index (χ4v) is 3.87. The molecule has 0 atom stereocenters. The first-order valence-electron chi connectivity index (χ1n) is 7.43. The van der Waals surface area contributed by atoms with Gasteiger partial charge < -0.3 is 10.3 Å². The highest BCUT2D eigenvalue weighted by atomic mass is 32.1. The lowest BCUT2D eigenvalue weighted by molar-refractivity contribution is 0.0954. The molecule has 0 saturated carbocycles. The Labute approximate surface area is 138 Å². The fourth-order valence-electron chi connectivity index (χ4n) is 2.74. The van der Waals surface area contributed by atoms with Gasteiger partial charge in [0.25, 0.3) is 11.5 Å². The lowest BCUT2D eigenvalue weighted by atomic mass is 10.1. The van der Waals surface area contributed by atoms with Gasteiger partial charge in [-0.2, -0.15) is 0 Å². The third-order valence-corrected chi connectivity index (χ3v) is 5.24. The molecule has 0 bridgehead atoms. The molecule has 4 nitrogen and oxygen atoms in total. The van der Waals surface area contributed by atoms with Crippen LogP contribution in [0.4, 0.5) is 0 Å². The van der Waals surface area contributed by atoms with Crippen LogP contribution in [0.5, 0.6) is 0 Å². The van der Waals surface area contributed by atoms with Crippen LogP contribution in [-0.2, 0) is 6.54 Å². The highest BCUT2D eigenvalue weighted by Crippen LogP contribution is 2.30. The molecule has 3 rings (SSSR count). The number of pyridine rings is 1. The third kappa shape index (κ3) is 2.92. The van der Waals surface area contributed by atoms with Crippen LogP contribution < -0.4 is 10.9 Å². The maximum absolute atomic E-state index is 12.5. The van der Waals surface area contributed by atoms with E-state index in [1.165, 1.54) is 11.3 Å². The molecule has 23 heavy (non-hydrogen) atoms. The molecule has 118 valence electrons. The van der Waals surface area contributed by atoms with E-state index in [0.29, 0.717) is 10.4 Å². The average Bonchev–Trinajstić information content (AvgIpc) is 2.84. The molecule has 0 aliphatic heterocycles. The average molecular weight is 326 g/mol. The Morgan fingerprint density at radius 1 is 1.22 bits per heavy atom. The predicted octanol–water partition coefficient (Wildman–Crippen LogP) is 3.44. The number of aryl methyl sites for hydroxylation is 3. The van der Waals surface area contributed by atoms with Crippen LogP contribution in [0.1, 0.15) is 32.1 Å². The van der Waals surface area contributed by atoms with Gasteiger partial charge >= 0.3 is 0 Å². The van der Waals surface area contributed by atoms with Crippen molar-refractivity contribution in [1.82, 2.24) is 10.3 Å². The Hall–Kier alpha value is -2.40. The minimum Gasteiger partial charge on any atom is -0.347 e. The van der Waals surface area contributed by atoms with Gasteiger partial charge in [-0.3, -0.25) is 9.59 Å². The van der Waals surface area contributed by atoms with E-state index in [9.17, 15) is 9.59 Å². The minimum atomic E-state index is -0.143. The molecule has 2 N–H and O–H groups in total. The van der Waals surface area contributed by atoms with Crippen molar-refractivity contribution in [3.8, 4) is 0 Å². The van der Waals surface area contributed by atoms with E-state index in [-0.39, 0.29) is 18.0 Å². The Bertz CT molecular complexity index is 953. The zero-order valence-corrected chi connectivity index (χ0v) is 14.1. The maximum Gasteiger partial charge on any atom is 0.261 e. The Morgan fingerprint density at radius 2 is 1.96 bits per heavy atom. The van der Waals surface area contributed by atoms with Crippen molar-refractivity contribution >= 4 is 27.3 Å². The molecule has 0 spiro atoms. The largest absolute Gasteiger partial charge is 0.347 e. The molecule has 1 aromatic carbocycles. The molecular weight excluding hydrogens is 308 g/mol. The molecule has 0 saturated heterocycles. The van der Waals surface area contributed by atoms with Crippen LogP contribution >= 0.6 is 11.3 Å². The SMILES string of the molecule is Cc1cc(C)c(CNC(=O)c2sc3ccccc3c2C)c(=O)[nH]1. The zero-order chi connectivity index (χ0) is 16.6. The van der Waals surface area contributed by atoms with Crippen molar-refractivity contribution in [2.24, 2.45) is 0 Å². The second-order valence-electron chi connectivity index (χ2n) is 5.68. The molecular formula is C18H18N2O2S. The Balaban J connectivity index is 1.85. The number of carbonyl (C=O) groups is 1. The highest BCUT2D eigenvalue weighted by molar-refractivity contribution is 7.21. The highest BCUT2D eigenvalue weighted by Gasteiger charge is 2.15. The second kappa shape index (κ2) is 6.01. The first-order chi connectivity index (χ1) is 11.0. The summed E-state index contributed by atoms with van der Waals surface area (Å²) in [4.78, 5) is 28.0. The normalized spacial score (nSPS) is 10.9. The maximum atomic E-state index is 12.5. The van der Waals surface area contributed by atoms with Crippen LogP contribution in [-0.4, -0.2) is 10.9 Å². The van der Waals surface area contributed by atoms with Gasteiger partial charge in [0, 0.05) is 22.5 Å². The summed E-state index contributed by atoms with van der Waals surface area (Å²) in [6.07, 6.45) is 0. The van der Waals surface area contributed by atoms with Gasteiger partial charge in [0.15, 0.2) is 0 Å². The van der Waals surface area contributed by atoms with Gasteiger partial charge in [-0.15, -0.1) is 11.3 Å². The summed E-state index contributed by atoms with van der Waals surface area (Å²) in [5.74, 6) is -0.136. The Kier molecular flexibility index (Phi) is 4.05. The number of rotatable bonds is 3. The number of hydrogen-bond acceptors (Lipinski definition) is 3. The summed E-state index contributed by atoms with van der Waals surface area (Å²) < 4.78 is 1.10. The van der Waals surface area contributed by atoms with Gasteiger partial charge in [-0.1, -0.05) is 18.2 Å².